The van der Waals surface area contributed by atoms with Crippen LogP contribution in [0, 0.1) is 10.1 Å². The van der Waals surface area contributed by atoms with Gasteiger partial charge < -0.3 is 10.6 Å². The number of para-hydroxylation sites is 2. The first-order chi connectivity index (χ1) is 11.6. The Hall–Kier alpha value is -2.86. The summed E-state index contributed by atoms with van der Waals surface area (Å²) in [5.41, 5.74) is 1.30. The van der Waals surface area contributed by atoms with Crippen molar-refractivity contribution in [1.29, 1.82) is 0 Å². The number of hydrogen-bond acceptors (Lipinski definition) is 4. The first-order valence-corrected chi connectivity index (χ1v) is 7.63. The summed E-state index contributed by atoms with van der Waals surface area (Å²) in [6, 6.07) is 13.5. The lowest BCUT2D eigenvalue weighted by atomic mass is 10.2. The summed E-state index contributed by atoms with van der Waals surface area (Å²) in [5.74, 6) is -0.241. The Labute approximate surface area is 144 Å². The highest BCUT2D eigenvalue weighted by molar-refractivity contribution is 6.30. The van der Waals surface area contributed by atoms with E-state index in [0.29, 0.717) is 23.8 Å². The number of nitrogens with zero attached hydrogens (tertiary/aromatic N) is 1. The monoisotopic (exact) mass is 345 g/mol. The van der Waals surface area contributed by atoms with Gasteiger partial charge in [-0.05, 0) is 29.8 Å². The number of nitro benzene ring substituents is 1. The molecule has 0 fully saturated rings. The average Bonchev–Trinajstić information content (AvgIpc) is 2.58. The highest BCUT2D eigenvalue weighted by atomic mass is 35.5. The molecule has 0 radical (unpaired) electrons. The molecule has 7 heteroatoms. The summed E-state index contributed by atoms with van der Waals surface area (Å²) in [5, 5.41) is 17.2. The minimum atomic E-state index is -0.449. The topological polar surface area (TPSA) is 84.3 Å². The maximum absolute atomic E-state index is 11.7. The second-order valence-electron chi connectivity index (χ2n) is 4.88. The molecule has 0 atom stereocenters. The van der Waals surface area contributed by atoms with E-state index in [4.69, 9.17) is 11.6 Å². The zero-order valence-electron chi connectivity index (χ0n) is 12.7. The van der Waals surface area contributed by atoms with E-state index >= 15 is 0 Å². The molecule has 2 aromatic carbocycles. The number of benzene rings is 2. The van der Waals surface area contributed by atoms with Crippen LogP contribution >= 0.6 is 11.6 Å². The van der Waals surface area contributed by atoms with Gasteiger partial charge >= 0.3 is 0 Å². The minimum Gasteiger partial charge on any atom is -0.378 e. The van der Waals surface area contributed by atoms with Crippen molar-refractivity contribution in [3.05, 3.63) is 75.3 Å². The maximum Gasteiger partial charge on any atom is 0.292 e. The van der Waals surface area contributed by atoms with Gasteiger partial charge in [-0.15, -0.1) is 0 Å². The van der Waals surface area contributed by atoms with Crippen LogP contribution in [-0.4, -0.2) is 23.9 Å². The van der Waals surface area contributed by atoms with Crippen LogP contribution in [0.15, 0.2) is 54.6 Å². The molecule has 0 unspecified atom stereocenters. The Morgan fingerprint density at radius 2 is 1.83 bits per heavy atom. The van der Waals surface area contributed by atoms with Crippen molar-refractivity contribution >= 4 is 35.0 Å². The number of rotatable bonds is 7. The molecule has 24 heavy (non-hydrogen) atoms. The summed E-state index contributed by atoms with van der Waals surface area (Å²) in [7, 11) is 0. The quantitative estimate of drug-likeness (QED) is 0.348. The molecule has 2 aromatic rings. The minimum absolute atomic E-state index is 0.00598. The second-order valence-corrected chi connectivity index (χ2v) is 5.31. The summed E-state index contributed by atoms with van der Waals surface area (Å²) in [6.07, 6.45) is 3.11. The fraction of sp³-hybridized carbons (Fsp3) is 0.118. The fourth-order valence-corrected chi connectivity index (χ4v) is 2.10. The maximum atomic E-state index is 11.7. The van der Waals surface area contributed by atoms with Gasteiger partial charge in [0.15, 0.2) is 0 Å². The highest BCUT2D eigenvalue weighted by Crippen LogP contribution is 2.22. The standard InChI is InChI=1S/C17H16ClN3O3/c18-14-8-5-13(6-9-14)7-10-17(22)20-12-11-19-15-3-1-2-4-16(15)21(23)24/h1-10,19H,11-12H2,(H,20,22)/b10-7+. The van der Waals surface area contributed by atoms with Crippen molar-refractivity contribution in [2.24, 2.45) is 0 Å². The third-order valence-corrected chi connectivity index (χ3v) is 3.39. The number of halogens is 1. The first-order valence-electron chi connectivity index (χ1n) is 7.25. The fourth-order valence-electron chi connectivity index (χ4n) is 1.97. The van der Waals surface area contributed by atoms with Gasteiger partial charge in [0.05, 0.1) is 4.92 Å². The molecule has 2 N–H and O–H groups in total. The van der Waals surface area contributed by atoms with Gasteiger partial charge in [0.1, 0.15) is 5.69 Å². The van der Waals surface area contributed by atoms with Crippen LogP contribution in [0.3, 0.4) is 0 Å². The number of anilines is 1. The lowest BCUT2D eigenvalue weighted by Crippen LogP contribution is -2.27. The number of amides is 1. The van der Waals surface area contributed by atoms with E-state index in [1.54, 1.807) is 36.4 Å². The van der Waals surface area contributed by atoms with E-state index < -0.39 is 4.92 Å². The molecule has 124 valence electrons. The summed E-state index contributed by atoms with van der Waals surface area (Å²) in [6.45, 7) is 0.723. The SMILES string of the molecule is O=C(/C=C/c1ccc(Cl)cc1)NCCNc1ccccc1[N+](=O)[O-]. The molecule has 0 saturated carbocycles. The Kier molecular flexibility index (Phi) is 6.33. The predicted molar refractivity (Wildman–Crippen MR) is 95.1 cm³/mol. The second kappa shape index (κ2) is 8.69. The Balaban J connectivity index is 1.77. The van der Waals surface area contributed by atoms with Gasteiger partial charge in [0, 0.05) is 30.3 Å². The molecule has 0 aliphatic rings. The van der Waals surface area contributed by atoms with Crippen molar-refractivity contribution in [2.45, 2.75) is 0 Å². The van der Waals surface area contributed by atoms with E-state index in [9.17, 15) is 14.9 Å². The number of carbonyl (C=O) groups excluding carboxylic acids is 1. The summed E-state index contributed by atoms with van der Waals surface area (Å²) < 4.78 is 0. The van der Waals surface area contributed by atoms with Gasteiger partial charge in [0.25, 0.3) is 5.69 Å². The molecule has 0 heterocycles. The molecule has 0 bridgehead atoms. The van der Waals surface area contributed by atoms with Crippen LogP contribution in [0.1, 0.15) is 5.56 Å². The van der Waals surface area contributed by atoms with Crippen LogP contribution in [0.2, 0.25) is 5.02 Å². The molecule has 6 nitrogen and oxygen atoms in total. The summed E-state index contributed by atoms with van der Waals surface area (Å²) >= 11 is 5.79. The Morgan fingerprint density at radius 1 is 1.12 bits per heavy atom. The number of nitro groups is 1. The Morgan fingerprint density at radius 3 is 2.54 bits per heavy atom. The third-order valence-electron chi connectivity index (χ3n) is 3.14. The smallest absolute Gasteiger partial charge is 0.292 e. The number of hydrogen-bond donors (Lipinski definition) is 2. The van der Waals surface area contributed by atoms with Crippen molar-refractivity contribution in [1.82, 2.24) is 5.32 Å². The first kappa shape index (κ1) is 17.5. The highest BCUT2D eigenvalue weighted by Gasteiger charge is 2.11. The molecular formula is C17H16ClN3O3. The van der Waals surface area contributed by atoms with Gasteiger partial charge in [-0.1, -0.05) is 35.9 Å². The van der Waals surface area contributed by atoms with E-state index in [0.717, 1.165) is 5.56 Å². The molecule has 0 aliphatic heterocycles. The molecule has 0 aliphatic carbocycles. The van der Waals surface area contributed by atoms with Gasteiger partial charge in [-0.25, -0.2) is 0 Å². The zero-order chi connectivity index (χ0) is 17.4. The molecule has 0 saturated heterocycles. The van der Waals surface area contributed by atoms with Crippen LogP contribution in [0.4, 0.5) is 11.4 Å². The lowest BCUT2D eigenvalue weighted by Gasteiger charge is -2.07. The van der Waals surface area contributed by atoms with Gasteiger partial charge in [-0.2, -0.15) is 0 Å². The number of carbonyl (C=O) groups is 1. The Bertz CT molecular complexity index is 745. The predicted octanol–water partition coefficient (Wildman–Crippen LogP) is 3.49. The lowest BCUT2D eigenvalue weighted by molar-refractivity contribution is -0.384. The van der Waals surface area contributed by atoms with Gasteiger partial charge in [0.2, 0.25) is 5.91 Å². The third kappa shape index (κ3) is 5.40. The molecule has 2 rings (SSSR count). The largest absolute Gasteiger partial charge is 0.378 e. The van der Waals surface area contributed by atoms with Crippen molar-refractivity contribution < 1.29 is 9.72 Å². The molecular weight excluding hydrogens is 330 g/mol. The normalized spacial score (nSPS) is 10.5. The molecule has 1 amide bonds. The number of nitrogens with one attached hydrogen (secondary N) is 2. The summed E-state index contributed by atoms with van der Waals surface area (Å²) in [4.78, 5) is 22.1. The van der Waals surface area contributed by atoms with Crippen molar-refractivity contribution in [2.75, 3.05) is 18.4 Å². The van der Waals surface area contributed by atoms with E-state index in [1.807, 2.05) is 12.1 Å². The van der Waals surface area contributed by atoms with Gasteiger partial charge in [-0.3, -0.25) is 14.9 Å². The zero-order valence-corrected chi connectivity index (χ0v) is 13.5. The van der Waals surface area contributed by atoms with E-state index in [-0.39, 0.29) is 11.6 Å². The average molecular weight is 346 g/mol. The van der Waals surface area contributed by atoms with Crippen molar-refractivity contribution in [3.8, 4) is 0 Å². The van der Waals surface area contributed by atoms with Crippen molar-refractivity contribution in [3.63, 3.8) is 0 Å². The van der Waals surface area contributed by atoms with Crippen LogP contribution in [0.5, 0.6) is 0 Å². The molecule has 0 spiro atoms. The van der Waals surface area contributed by atoms with Crippen LogP contribution < -0.4 is 10.6 Å². The molecule has 0 aromatic heterocycles. The van der Waals surface area contributed by atoms with E-state index in [2.05, 4.69) is 10.6 Å². The van der Waals surface area contributed by atoms with E-state index in [1.165, 1.54) is 12.1 Å². The van der Waals surface area contributed by atoms with Crippen LogP contribution in [0.25, 0.3) is 6.08 Å². The van der Waals surface area contributed by atoms with Crippen LogP contribution in [-0.2, 0) is 4.79 Å².